The van der Waals surface area contributed by atoms with Crippen molar-refractivity contribution in [1.29, 1.82) is 0 Å². The molecule has 1 aromatic rings. The second-order valence-electron chi connectivity index (χ2n) is 5.40. The zero-order chi connectivity index (χ0) is 14.5. The topological polar surface area (TPSA) is 20.3 Å². The third-order valence-corrected chi connectivity index (χ3v) is 4.32. The quantitative estimate of drug-likeness (QED) is 0.780. The second kappa shape index (κ2) is 4.65. The number of carbonyl (C=O) groups excluding carboxylic acids is 1. The number of hydrogen-bond donors (Lipinski definition) is 0. The van der Waals surface area contributed by atoms with E-state index in [1.54, 1.807) is 4.90 Å². The zero-order valence-corrected chi connectivity index (χ0v) is 11.3. The third kappa shape index (κ3) is 2.28. The van der Waals surface area contributed by atoms with Crippen molar-refractivity contribution >= 4 is 23.1 Å². The maximum Gasteiger partial charge on any atom is 0.418 e. The minimum atomic E-state index is -4.44. The molecule has 2 aliphatic heterocycles. The van der Waals surface area contributed by atoms with Crippen LogP contribution in [0.25, 0.3) is 0 Å². The first kappa shape index (κ1) is 13.7. The van der Waals surface area contributed by atoms with Crippen LogP contribution in [0, 0.1) is 0 Å². The molecule has 0 aromatic heterocycles. The van der Waals surface area contributed by atoms with Crippen LogP contribution in [0.3, 0.4) is 0 Å². The van der Waals surface area contributed by atoms with E-state index in [-0.39, 0.29) is 28.6 Å². The molecule has 2 fully saturated rings. The van der Waals surface area contributed by atoms with Gasteiger partial charge in [-0.1, -0.05) is 11.6 Å². The SMILES string of the molecule is O=C1CC2CCC(C1)N2c1ccc(Cl)cc1C(F)(F)F. The van der Waals surface area contributed by atoms with Crippen molar-refractivity contribution in [1.82, 2.24) is 0 Å². The van der Waals surface area contributed by atoms with E-state index < -0.39 is 11.7 Å². The number of benzene rings is 1. The molecule has 0 saturated carbocycles. The summed E-state index contributed by atoms with van der Waals surface area (Å²) in [6.45, 7) is 0. The lowest BCUT2D eigenvalue weighted by Crippen LogP contribution is -2.44. The van der Waals surface area contributed by atoms with E-state index in [2.05, 4.69) is 0 Å². The molecule has 0 radical (unpaired) electrons. The van der Waals surface area contributed by atoms with Crippen molar-refractivity contribution in [3.63, 3.8) is 0 Å². The van der Waals surface area contributed by atoms with Crippen LogP contribution in [0.15, 0.2) is 18.2 Å². The fourth-order valence-corrected chi connectivity index (χ4v) is 3.50. The summed E-state index contributed by atoms with van der Waals surface area (Å²) in [7, 11) is 0. The summed E-state index contributed by atoms with van der Waals surface area (Å²) in [5.41, 5.74) is -0.557. The Balaban J connectivity index is 2.05. The number of alkyl halides is 3. The number of piperidine rings is 1. The Morgan fingerprint density at radius 1 is 1.15 bits per heavy atom. The Morgan fingerprint density at radius 3 is 2.30 bits per heavy atom. The molecule has 2 atom stereocenters. The molecule has 1 aromatic carbocycles. The van der Waals surface area contributed by atoms with E-state index in [4.69, 9.17) is 11.6 Å². The summed E-state index contributed by atoms with van der Waals surface area (Å²) in [5, 5.41) is 0.0708. The summed E-state index contributed by atoms with van der Waals surface area (Å²) in [5.74, 6) is 0.149. The van der Waals surface area contributed by atoms with Crippen LogP contribution in [0.4, 0.5) is 18.9 Å². The molecule has 0 spiro atoms. The van der Waals surface area contributed by atoms with Crippen molar-refractivity contribution in [2.24, 2.45) is 0 Å². The Kier molecular flexibility index (Phi) is 3.20. The highest BCUT2D eigenvalue weighted by Crippen LogP contribution is 2.44. The number of ketones is 1. The fourth-order valence-electron chi connectivity index (χ4n) is 3.32. The van der Waals surface area contributed by atoms with Gasteiger partial charge in [0, 0.05) is 35.6 Å². The second-order valence-corrected chi connectivity index (χ2v) is 5.83. The number of nitrogens with zero attached hydrogens (tertiary/aromatic N) is 1. The molecule has 6 heteroatoms. The van der Waals surface area contributed by atoms with Gasteiger partial charge in [0.25, 0.3) is 0 Å². The van der Waals surface area contributed by atoms with Gasteiger partial charge in [0.15, 0.2) is 0 Å². The highest BCUT2D eigenvalue weighted by Gasteiger charge is 2.44. The lowest BCUT2D eigenvalue weighted by Gasteiger charge is -2.37. The Labute approximate surface area is 119 Å². The van der Waals surface area contributed by atoms with Crippen molar-refractivity contribution in [3.8, 4) is 0 Å². The normalized spacial score (nSPS) is 26.2. The smallest absolute Gasteiger partial charge is 0.364 e. The van der Waals surface area contributed by atoms with Gasteiger partial charge in [-0.2, -0.15) is 13.2 Å². The summed E-state index contributed by atoms with van der Waals surface area (Å²) in [6, 6.07) is 3.65. The molecule has 20 heavy (non-hydrogen) atoms. The lowest BCUT2D eigenvalue weighted by atomic mass is 9.99. The molecule has 108 valence electrons. The minimum Gasteiger partial charge on any atom is -0.364 e. The molecule has 2 nitrogen and oxygen atoms in total. The molecule has 0 N–H and O–H groups in total. The first-order valence-corrected chi connectivity index (χ1v) is 6.91. The van der Waals surface area contributed by atoms with E-state index in [0.717, 1.165) is 18.9 Å². The number of hydrogen-bond acceptors (Lipinski definition) is 2. The van der Waals surface area contributed by atoms with Crippen molar-refractivity contribution in [3.05, 3.63) is 28.8 Å². The molecule has 2 saturated heterocycles. The van der Waals surface area contributed by atoms with Crippen LogP contribution >= 0.6 is 11.6 Å². The minimum absolute atomic E-state index is 0.0708. The van der Waals surface area contributed by atoms with Crippen LogP contribution in [0.2, 0.25) is 5.02 Å². The van der Waals surface area contributed by atoms with E-state index in [1.165, 1.54) is 12.1 Å². The first-order valence-electron chi connectivity index (χ1n) is 6.53. The van der Waals surface area contributed by atoms with E-state index >= 15 is 0 Å². The molecule has 2 unspecified atom stereocenters. The standard InChI is InChI=1S/C14H13ClF3NO/c15-8-1-4-13(12(5-8)14(16,17)18)19-9-2-3-10(19)7-11(20)6-9/h1,4-5,9-10H,2-3,6-7H2. The van der Waals surface area contributed by atoms with Crippen LogP contribution in [-0.4, -0.2) is 17.9 Å². The monoisotopic (exact) mass is 303 g/mol. The van der Waals surface area contributed by atoms with E-state index in [1.807, 2.05) is 0 Å². The number of Topliss-reactive ketones (excluding diaryl/α,β-unsaturated/α-hetero) is 1. The van der Waals surface area contributed by atoms with Gasteiger partial charge in [0.05, 0.1) is 5.56 Å². The van der Waals surface area contributed by atoms with Crippen LogP contribution < -0.4 is 4.90 Å². The van der Waals surface area contributed by atoms with E-state index in [0.29, 0.717) is 12.8 Å². The van der Waals surface area contributed by atoms with Gasteiger partial charge in [0.1, 0.15) is 5.78 Å². The molecule has 3 rings (SSSR count). The fraction of sp³-hybridized carbons (Fsp3) is 0.500. The predicted molar refractivity (Wildman–Crippen MR) is 70.0 cm³/mol. The zero-order valence-electron chi connectivity index (χ0n) is 10.6. The van der Waals surface area contributed by atoms with Gasteiger partial charge in [0.2, 0.25) is 0 Å². The lowest BCUT2D eigenvalue weighted by molar-refractivity contribution is -0.137. The molecule has 0 amide bonds. The Morgan fingerprint density at radius 2 is 1.75 bits per heavy atom. The van der Waals surface area contributed by atoms with Gasteiger partial charge >= 0.3 is 6.18 Å². The van der Waals surface area contributed by atoms with Gasteiger partial charge < -0.3 is 4.90 Å². The van der Waals surface area contributed by atoms with Crippen molar-refractivity contribution in [2.75, 3.05) is 4.90 Å². The average molecular weight is 304 g/mol. The molecular formula is C14H13ClF3NO. The predicted octanol–water partition coefficient (Wildman–Crippen LogP) is 4.06. The molecule has 2 heterocycles. The Bertz CT molecular complexity index is 542. The maximum absolute atomic E-state index is 13.2. The molecule has 2 aliphatic rings. The largest absolute Gasteiger partial charge is 0.418 e. The van der Waals surface area contributed by atoms with Crippen LogP contribution in [0.5, 0.6) is 0 Å². The van der Waals surface area contributed by atoms with E-state index in [9.17, 15) is 18.0 Å². The summed E-state index contributed by atoms with van der Waals surface area (Å²) < 4.78 is 39.5. The Hall–Kier alpha value is -1.23. The summed E-state index contributed by atoms with van der Waals surface area (Å²) in [4.78, 5) is 13.3. The summed E-state index contributed by atoms with van der Waals surface area (Å²) in [6.07, 6.45) is -2.21. The maximum atomic E-state index is 13.2. The first-order chi connectivity index (χ1) is 9.36. The third-order valence-electron chi connectivity index (χ3n) is 4.09. The average Bonchev–Trinajstić information content (AvgIpc) is 2.61. The summed E-state index contributed by atoms with van der Waals surface area (Å²) >= 11 is 5.70. The number of fused-ring (bicyclic) bond motifs is 2. The highest BCUT2D eigenvalue weighted by atomic mass is 35.5. The number of halogens is 4. The molecule has 2 bridgehead atoms. The van der Waals surface area contributed by atoms with Gasteiger partial charge in [-0.25, -0.2) is 0 Å². The number of anilines is 1. The molecular weight excluding hydrogens is 291 g/mol. The van der Waals surface area contributed by atoms with Crippen molar-refractivity contribution in [2.45, 2.75) is 43.9 Å². The van der Waals surface area contributed by atoms with Gasteiger partial charge in [-0.15, -0.1) is 0 Å². The molecule has 0 aliphatic carbocycles. The van der Waals surface area contributed by atoms with Crippen LogP contribution in [0.1, 0.15) is 31.2 Å². The highest BCUT2D eigenvalue weighted by molar-refractivity contribution is 6.30. The number of rotatable bonds is 1. The van der Waals surface area contributed by atoms with Crippen molar-refractivity contribution < 1.29 is 18.0 Å². The van der Waals surface area contributed by atoms with Crippen LogP contribution in [-0.2, 0) is 11.0 Å². The number of carbonyl (C=O) groups is 1. The van der Waals surface area contributed by atoms with Gasteiger partial charge in [-0.05, 0) is 31.0 Å². The van der Waals surface area contributed by atoms with Gasteiger partial charge in [-0.3, -0.25) is 4.79 Å².